The van der Waals surface area contributed by atoms with Gasteiger partial charge in [-0.15, -0.1) is 0 Å². The van der Waals surface area contributed by atoms with E-state index in [4.69, 9.17) is 10.0 Å². The number of nitrogens with one attached hydrogen (secondary N) is 1. The minimum Gasteiger partial charge on any atom is -0.477 e. The van der Waals surface area contributed by atoms with Crippen LogP contribution < -0.4 is 10.8 Å². The second kappa shape index (κ2) is 7.39. The molecule has 0 spiro atoms. The quantitative estimate of drug-likeness (QED) is 0.467. The van der Waals surface area contributed by atoms with Crippen LogP contribution in [0.3, 0.4) is 0 Å². The standard InChI is InChI=1S/C16H14BNO5/c19-15(12-4-2-1-3-5-12)18-14(16(20)21)10-11-6-8-13(9-7-11)17(22)23/h1-10,22-23H,(H,18,19)(H,20,21)/b14-10+. The van der Waals surface area contributed by atoms with Crippen LogP contribution in [0.25, 0.3) is 6.08 Å². The molecule has 0 saturated carbocycles. The minimum absolute atomic E-state index is 0.281. The van der Waals surface area contributed by atoms with E-state index in [1.807, 2.05) is 0 Å². The fourth-order valence-corrected chi connectivity index (χ4v) is 1.87. The van der Waals surface area contributed by atoms with Crippen molar-refractivity contribution in [2.75, 3.05) is 0 Å². The number of carboxylic acid groups (broad SMARTS) is 1. The molecule has 116 valence electrons. The summed E-state index contributed by atoms with van der Waals surface area (Å²) >= 11 is 0. The molecular weight excluding hydrogens is 297 g/mol. The van der Waals surface area contributed by atoms with E-state index in [0.717, 1.165) is 0 Å². The van der Waals surface area contributed by atoms with Gasteiger partial charge < -0.3 is 20.5 Å². The van der Waals surface area contributed by atoms with Crippen molar-refractivity contribution in [1.29, 1.82) is 0 Å². The maximum Gasteiger partial charge on any atom is 0.488 e. The summed E-state index contributed by atoms with van der Waals surface area (Å²) in [6.45, 7) is 0. The molecule has 0 radical (unpaired) electrons. The number of rotatable bonds is 5. The van der Waals surface area contributed by atoms with Crippen molar-refractivity contribution < 1.29 is 24.7 Å². The van der Waals surface area contributed by atoms with Gasteiger partial charge >= 0.3 is 13.1 Å². The first-order valence-corrected chi connectivity index (χ1v) is 6.75. The summed E-state index contributed by atoms with van der Waals surface area (Å²) in [5, 5.41) is 29.6. The Morgan fingerprint density at radius 1 is 0.957 bits per heavy atom. The third kappa shape index (κ3) is 4.54. The van der Waals surface area contributed by atoms with E-state index in [1.165, 1.54) is 30.3 Å². The van der Waals surface area contributed by atoms with Gasteiger partial charge in [0.25, 0.3) is 5.91 Å². The van der Waals surface area contributed by atoms with Gasteiger partial charge in [-0.05, 0) is 29.2 Å². The molecule has 23 heavy (non-hydrogen) atoms. The normalized spacial score (nSPS) is 11.0. The molecule has 0 aliphatic heterocycles. The Kier molecular flexibility index (Phi) is 5.30. The summed E-state index contributed by atoms with van der Waals surface area (Å²) in [6.07, 6.45) is 1.29. The SMILES string of the molecule is O=C(O)/C(=C\c1ccc(B(O)O)cc1)NC(=O)c1ccccc1. The Labute approximate surface area is 132 Å². The summed E-state index contributed by atoms with van der Waals surface area (Å²) in [5.41, 5.74) is 0.849. The first-order chi connectivity index (χ1) is 11.0. The third-order valence-electron chi connectivity index (χ3n) is 3.06. The van der Waals surface area contributed by atoms with Crippen LogP contribution in [0.5, 0.6) is 0 Å². The van der Waals surface area contributed by atoms with Gasteiger partial charge in [0, 0.05) is 5.56 Å². The van der Waals surface area contributed by atoms with Crippen LogP contribution >= 0.6 is 0 Å². The van der Waals surface area contributed by atoms with Crippen LogP contribution in [-0.2, 0) is 4.79 Å². The molecule has 0 bridgehead atoms. The Balaban J connectivity index is 2.21. The zero-order valence-corrected chi connectivity index (χ0v) is 12.0. The number of aliphatic carboxylic acids is 1. The fraction of sp³-hybridized carbons (Fsp3) is 0. The monoisotopic (exact) mass is 311 g/mol. The highest BCUT2D eigenvalue weighted by Crippen LogP contribution is 2.06. The van der Waals surface area contributed by atoms with E-state index in [1.54, 1.807) is 30.3 Å². The highest BCUT2D eigenvalue weighted by molar-refractivity contribution is 6.58. The smallest absolute Gasteiger partial charge is 0.477 e. The molecule has 7 heteroatoms. The zero-order chi connectivity index (χ0) is 16.8. The van der Waals surface area contributed by atoms with E-state index in [2.05, 4.69) is 5.32 Å². The molecule has 4 N–H and O–H groups in total. The second-order valence-electron chi connectivity index (χ2n) is 4.72. The van der Waals surface area contributed by atoms with Gasteiger partial charge in [-0.1, -0.05) is 42.5 Å². The lowest BCUT2D eigenvalue weighted by Crippen LogP contribution is -2.29. The molecule has 2 aromatic rings. The number of hydrogen-bond donors (Lipinski definition) is 4. The molecule has 0 aromatic heterocycles. The molecule has 0 saturated heterocycles. The summed E-state index contributed by atoms with van der Waals surface area (Å²) in [4.78, 5) is 23.3. The second-order valence-corrected chi connectivity index (χ2v) is 4.72. The van der Waals surface area contributed by atoms with Gasteiger partial charge in [-0.2, -0.15) is 0 Å². The van der Waals surface area contributed by atoms with Crippen LogP contribution in [0.1, 0.15) is 15.9 Å². The molecule has 0 aliphatic carbocycles. The van der Waals surface area contributed by atoms with Gasteiger partial charge in [0.15, 0.2) is 0 Å². The van der Waals surface area contributed by atoms with Crippen LogP contribution in [0.15, 0.2) is 60.3 Å². The highest BCUT2D eigenvalue weighted by Gasteiger charge is 2.14. The topological polar surface area (TPSA) is 107 Å². The predicted octanol–water partition coefficient (Wildman–Crippen LogP) is 0.222. The number of carboxylic acids is 1. The summed E-state index contributed by atoms with van der Waals surface area (Å²) in [6, 6.07) is 14.2. The van der Waals surface area contributed by atoms with E-state index < -0.39 is 19.0 Å². The van der Waals surface area contributed by atoms with Gasteiger partial charge in [-0.25, -0.2) is 4.79 Å². The van der Waals surface area contributed by atoms with Crippen LogP contribution in [0.4, 0.5) is 0 Å². The van der Waals surface area contributed by atoms with Crippen molar-refractivity contribution in [2.24, 2.45) is 0 Å². The Morgan fingerprint density at radius 2 is 1.57 bits per heavy atom. The summed E-state index contributed by atoms with van der Waals surface area (Å²) in [5.74, 6) is -1.80. The zero-order valence-electron chi connectivity index (χ0n) is 12.0. The van der Waals surface area contributed by atoms with E-state index >= 15 is 0 Å². The molecule has 0 aliphatic rings. The molecule has 6 nitrogen and oxygen atoms in total. The van der Waals surface area contributed by atoms with E-state index in [-0.39, 0.29) is 11.2 Å². The first kappa shape index (κ1) is 16.5. The minimum atomic E-state index is -1.59. The fourth-order valence-electron chi connectivity index (χ4n) is 1.87. The lowest BCUT2D eigenvalue weighted by Gasteiger charge is -2.06. The number of amides is 1. The lowest BCUT2D eigenvalue weighted by molar-refractivity contribution is -0.132. The van der Waals surface area contributed by atoms with Crippen molar-refractivity contribution in [3.8, 4) is 0 Å². The Hall–Kier alpha value is -2.90. The van der Waals surface area contributed by atoms with Crippen LogP contribution in [0, 0.1) is 0 Å². The van der Waals surface area contributed by atoms with Crippen LogP contribution in [0.2, 0.25) is 0 Å². The molecular formula is C16H14BNO5. The van der Waals surface area contributed by atoms with Gasteiger partial charge in [0.2, 0.25) is 0 Å². The van der Waals surface area contributed by atoms with Crippen molar-refractivity contribution in [3.63, 3.8) is 0 Å². The van der Waals surface area contributed by atoms with E-state index in [0.29, 0.717) is 11.1 Å². The van der Waals surface area contributed by atoms with Crippen molar-refractivity contribution in [3.05, 3.63) is 71.4 Å². The van der Waals surface area contributed by atoms with Crippen molar-refractivity contribution in [2.45, 2.75) is 0 Å². The molecule has 2 rings (SSSR count). The van der Waals surface area contributed by atoms with Crippen LogP contribution in [-0.4, -0.2) is 34.1 Å². The summed E-state index contributed by atoms with van der Waals surface area (Å²) < 4.78 is 0. The van der Waals surface area contributed by atoms with Gasteiger partial charge in [0.05, 0.1) is 0 Å². The first-order valence-electron chi connectivity index (χ1n) is 6.75. The number of benzene rings is 2. The average Bonchev–Trinajstić information content (AvgIpc) is 2.55. The number of carbonyl (C=O) groups is 2. The van der Waals surface area contributed by atoms with Crippen molar-refractivity contribution in [1.82, 2.24) is 5.32 Å². The molecule has 0 heterocycles. The summed E-state index contributed by atoms with van der Waals surface area (Å²) in [7, 11) is -1.59. The molecule has 0 atom stereocenters. The predicted molar refractivity (Wildman–Crippen MR) is 85.8 cm³/mol. The molecule has 0 unspecified atom stereocenters. The largest absolute Gasteiger partial charge is 0.488 e. The lowest BCUT2D eigenvalue weighted by atomic mass is 9.80. The van der Waals surface area contributed by atoms with E-state index in [9.17, 15) is 14.7 Å². The average molecular weight is 311 g/mol. The highest BCUT2D eigenvalue weighted by atomic mass is 16.4. The maximum atomic E-state index is 12.0. The Bertz CT molecular complexity index is 726. The maximum absolute atomic E-state index is 12.0. The van der Waals surface area contributed by atoms with Crippen molar-refractivity contribution >= 4 is 30.5 Å². The molecule has 1 amide bonds. The van der Waals surface area contributed by atoms with Gasteiger partial charge in [0.1, 0.15) is 5.70 Å². The third-order valence-corrected chi connectivity index (χ3v) is 3.06. The van der Waals surface area contributed by atoms with Gasteiger partial charge in [-0.3, -0.25) is 4.79 Å². The molecule has 0 fully saturated rings. The Morgan fingerprint density at radius 3 is 2.09 bits per heavy atom. The number of carbonyl (C=O) groups excluding carboxylic acids is 1. The number of hydrogen-bond acceptors (Lipinski definition) is 4. The molecule has 2 aromatic carbocycles.